The molecule has 2 N–H and O–H groups in total. The zero-order valence-corrected chi connectivity index (χ0v) is 12.6. The second kappa shape index (κ2) is 5.48. The lowest BCUT2D eigenvalue weighted by molar-refractivity contribution is 0.0601. The lowest BCUT2D eigenvalue weighted by Crippen LogP contribution is -2.27. The highest BCUT2D eigenvalue weighted by Gasteiger charge is 2.22. The molecule has 1 fully saturated rings. The molecule has 2 aromatic rings. The Hall–Kier alpha value is -1.89. The maximum absolute atomic E-state index is 12.6. The van der Waals surface area contributed by atoms with Gasteiger partial charge in [0.15, 0.2) is 4.77 Å². The molecule has 112 valence electrons. The number of H-pyrrole nitrogens is 2. The number of esters is 1. The van der Waals surface area contributed by atoms with E-state index >= 15 is 0 Å². The van der Waals surface area contributed by atoms with E-state index in [1.165, 1.54) is 13.5 Å². The molecule has 3 rings (SSSR count). The molecule has 1 aliphatic rings. The third kappa shape index (κ3) is 2.42. The number of carbonyl (C=O) groups excluding carboxylic acids is 1. The van der Waals surface area contributed by atoms with Crippen molar-refractivity contribution in [2.75, 3.05) is 7.11 Å². The first-order valence-corrected chi connectivity index (χ1v) is 7.48. The number of nitrogens with zero attached hydrogens (tertiary/aromatic N) is 1. The number of hydrogen-bond acceptors (Lipinski definition) is 4. The van der Waals surface area contributed by atoms with Crippen molar-refractivity contribution in [1.82, 2.24) is 14.5 Å². The van der Waals surface area contributed by atoms with Crippen LogP contribution in [0.15, 0.2) is 11.0 Å². The number of imidazole rings is 1. The van der Waals surface area contributed by atoms with E-state index in [9.17, 15) is 9.59 Å². The van der Waals surface area contributed by atoms with Crippen molar-refractivity contribution in [3.8, 4) is 0 Å². The van der Waals surface area contributed by atoms with Gasteiger partial charge in [-0.25, -0.2) is 4.79 Å². The fourth-order valence-corrected chi connectivity index (χ4v) is 3.24. The number of fused-ring (bicyclic) bond motifs is 1. The van der Waals surface area contributed by atoms with Crippen LogP contribution in [0.3, 0.4) is 0 Å². The molecule has 0 amide bonds. The highest BCUT2D eigenvalue weighted by Crippen LogP contribution is 2.28. The second-order valence-corrected chi connectivity index (χ2v) is 5.78. The summed E-state index contributed by atoms with van der Waals surface area (Å²) in [5, 5.41) is 0. The van der Waals surface area contributed by atoms with Crippen molar-refractivity contribution >= 4 is 29.2 Å². The summed E-state index contributed by atoms with van der Waals surface area (Å²) in [4.78, 5) is 30.3. The van der Waals surface area contributed by atoms with Gasteiger partial charge in [0.05, 0.1) is 12.6 Å². The van der Waals surface area contributed by atoms with Gasteiger partial charge in [0.2, 0.25) is 0 Å². The number of pyridine rings is 1. The Labute approximate surface area is 126 Å². The maximum atomic E-state index is 12.6. The van der Waals surface area contributed by atoms with Crippen molar-refractivity contribution in [3.05, 3.63) is 26.9 Å². The molecule has 0 unspecified atom stereocenters. The molecule has 0 aromatic carbocycles. The minimum Gasteiger partial charge on any atom is -0.465 e. The molecule has 2 heterocycles. The average molecular weight is 307 g/mol. The van der Waals surface area contributed by atoms with Crippen molar-refractivity contribution in [2.45, 2.75) is 38.1 Å². The van der Waals surface area contributed by atoms with Crippen LogP contribution in [-0.2, 0) is 4.74 Å². The summed E-state index contributed by atoms with van der Waals surface area (Å²) in [6, 6.07) is 0.135. The highest BCUT2D eigenvalue weighted by molar-refractivity contribution is 7.71. The molecule has 7 heteroatoms. The molecule has 2 aromatic heterocycles. The van der Waals surface area contributed by atoms with Crippen LogP contribution in [0.1, 0.15) is 48.5 Å². The second-order valence-electron chi connectivity index (χ2n) is 5.37. The van der Waals surface area contributed by atoms with Gasteiger partial charge in [-0.3, -0.25) is 4.79 Å². The molecule has 0 radical (unpaired) electrons. The fraction of sp³-hybridized carbons (Fsp3) is 0.500. The first-order valence-electron chi connectivity index (χ1n) is 7.07. The molecular formula is C14H17N3O3S. The van der Waals surface area contributed by atoms with Gasteiger partial charge < -0.3 is 19.3 Å². The van der Waals surface area contributed by atoms with Crippen molar-refractivity contribution < 1.29 is 9.53 Å². The van der Waals surface area contributed by atoms with Crippen LogP contribution in [0.2, 0.25) is 0 Å². The van der Waals surface area contributed by atoms with Crippen molar-refractivity contribution in [2.24, 2.45) is 0 Å². The number of hydrogen-bond donors (Lipinski definition) is 2. The van der Waals surface area contributed by atoms with Crippen LogP contribution in [0, 0.1) is 4.77 Å². The van der Waals surface area contributed by atoms with Crippen LogP contribution in [-0.4, -0.2) is 27.6 Å². The number of methoxy groups -OCH3 is 1. The van der Waals surface area contributed by atoms with Crippen molar-refractivity contribution in [3.63, 3.8) is 0 Å². The van der Waals surface area contributed by atoms with Crippen molar-refractivity contribution in [1.29, 1.82) is 0 Å². The Kier molecular flexibility index (Phi) is 3.67. The first-order chi connectivity index (χ1) is 10.1. The van der Waals surface area contributed by atoms with Gasteiger partial charge in [0, 0.05) is 12.2 Å². The van der Waals surface area contributed by atoms with Crippen LogP contribution in [0.5, 0.6) is 0 Å². The van der Waals surface area contributed by atoms with E-state index in [0.717, 1.165) is 25.7 Å². The predicted molar refractivity (Wildman–Crippen MR) is 81.2 cm³/mol. The number of carbonyl (C=O) groups is 1. The largest absolute Gasteiger partial charge is 0.465 e. The maximum Gasteiger partial charge on any atom is 0.341 e. The normalized spacial score (nSPS) is 16.2. The van der Waals surface area contributed by atoms with E-state index in [-0.39, 0.29) is 11.6 Å². The number of aromatic amines is 2. The molecule has 0 aliphatic heterocycles. The Morgan fingerprint density at radius 1 is 1.29 bits per heavy atom. The Bertz CT molecular complexity index is 796. The molecule has 0 spiro atoms. The SMILES string of the molecule is COC(=O)c1cn(C2CCCCC2)c(=O)c2[nH]c(=S)[nH]c12. The van der Waals surface area contributed by atoms with Crippen LogP contribution < -0.4 is 5.56 Å². The lowest BCUT2D eigenvalue weighted by atomic mass is 9.95. The minimum atomic E-state index is -0.477. The molecule has 1 aliphatic carbocycles. The smallest absolute Gasteiger partial charge is 0.341 e. The van der Waals surface area contributed by atoms with Gasteiger partial charge in [-0.1, -0.05) is 19.3 Å². The number of nitrogens with one attached hydrogen (secondary N) is 2. The predicted octanol–water partition coefficient (Wildman–Crippen LogP) is 2.68. The highest BCUT2D eigenvalue weighted by atomic mass is 32.1. The summed E-state index contributed by atoms with van der Waals surface area (Å²) in [6.07, 6.45) is 6.92. The molecule has 1 saturated carbocycles. The van der Waals surface area contributed by atoms with Gasteiger partial charge >= 0.3 is 5.97 Å². The average Bonchev–Trinajstić information content (AvgIpc) is 2.90. The van der Waals surface area contributed by atoms with E-state index in [4.69, 9.17) is 17.0 Å². The third-order valence-electron chi connectivity index (χ3n) is 4.09. The molecule has 0 bridgehead atoms. The summed E-state index contributed by atoms with van der Waals surface area (Å²) in [5.41, 5.74) is 0.958. The summed E-state index contributed by atoms with van der Waals surface area (Å²) < 4.78 is 6.80. The monoisotopic (exact) mass is 307 g/mol. The summed E-state index contributed by atoms with van der Waals surface area (Å²) >= 11 is 5.04. The Balaban J connectivity index is 2.25. The minimum absolute atomic E-state index is 0.135. The van der Waals surface area contributed by atoms with E-state index < -0.39 is 5.97 Å². The van der Waals surface area contributed by atoms with E-state index in [1.807, 2.05) is 0 Å². The van der Waals surface area contributed by atoms with Gasteiger partial charge in [-0.15, -0.1) is 0 Å². The van der Waals surface area contributed by atoms with Gasteiger partial charge in [0.1, 0.15) is 11.1 Å². The lowest BCUT2D eigenvalue weighted by Gasteiger charge is -2.24. The van der Waals surface area contributed by atoms with Crippen LogP contribution >= 0.6 is 12.2 Å². The van der Waals surface area contributed by atoms with E-state index in [0.29, 0.717) is 21.4 Å². The summed E-state index contributed by atoms with van der Waals surface area (Å²) in [6.45, 7) is 0. The van der Waals surface area contributed by atoms with Gasteiger partial charge in [0.25, 0.3) is 5.56 Å². The van der Waals surface area contributed by atoms with Gasteiger partial charge in [-0.05, 0) is 25.1 Å². The molecule has 0 atom stereocenters. The zero-order chi connectivity index (χ0) is 15.0. The van der Waals surface area contributed by atoms with E-state index in [2.05, 4.69) is 9.97 Å². The fourth-order valence-electron chi connectivity index (χ4n) is 3.03. The third-order valence-corrected chi connectivity index (χ3v) is 4.29. The standard InChI is InChI=1S/C14H17N3O3S/c1-20-13(19)9-7-17(8-5-3-2-4-6-8)12(18)11-10(9)15-14(21)16-11/h7-8H,2-6H2,1H3,(H2,15,16,21). The Morgan fingerprint density at radius 2 is 1.95 bits per heavy atom. The number of rotatable bonds is 2. The van der Waals surface area contributed by atoms with Crippen LogP contribution in [0.25, 0.3) is 11.0 Å². The van der Waals surface area contributed by atoms with Gasteiger partial charge in [-0.2, -0.15) is 0 Å². The topological polar surface area (TPSA) is 79.9 Å². The summed E-state index contributed by atoms with van der Waals surface area (Å²) in [5.74, 6) is -0.477. The quantitative estimate of drug-likeness (QED) is 0.660. The summed E-state index contributed by atoms with van der Waals surface area (Å²) in [7, 11) is 1.32. The molecule has 21 heavy (non-hydrogen) atoms. The van der Waals surface area contributed by atoms with Crippen LogP contribution in [0.4, 0.5) is 0 Å². The molecule has 6 nitrogen and oxygen atoms in total. The van der Waals surface area contributed by atoms with E-state index in [1.54, 1.807) is 10.8 Å². The number of aromatic nitrogens is 3. The first kappa shape index (κ1) is 14.1. The Morgan fingerprint density at radius 3 is 2.62 bits per heavy atom. The zero-order valence-electron chi connectivity index (χ0n) is 11.8. The number of ether oxygens (including phenoxy) is 1. The molecule has 0 saturated heterocycles. The molecular weight excluding hydrogens is 290 g/mol.